The molecule has 0 aromatic heterocycles. The van der Waals surface area contributed by atoms with Gasteiger partial charge in [-0.25, -0.2) is 0 Å². The Morgan fingerprint density at radius 1 is 1.35 bits per heavy atom. The summed E-state index contributed by atoms with van der Waals surface area (Å²) in [7, 11) is 0. The molecule has 0 saturated heterocycles. The van der Waals surface area contributed by atoms with Crippen LogP contribution < -0.4 is 4.74 Å². The van der Waals surface area contributed by atoms with Crippen LogP contribution in [0.15, 0.2) is 18.2 Å². The summed E-state index contributed by atoms with van der Waals surface area (Å²) in [6, 6.07) is 5.24. The van der Waals surface area contributed by atoms with Gasteiger partial charge in [-0.05, 0) is 17.9 Å². The van der Waals surface area contributed by atoms with Crippen molar-refractivity contribution < 1.29 is 14.6 Å². The molecule has 0 aliphatic heterocycles. The van der Waals surface area contributed by atoms with Crippen LogP contribution in [0.5, 0.6) is 11.5 Å². The van der Waals surface area contributed by atoms with Gasteiger partial charge < -0.3 is 9.84 Å². The van der Waals surface area contributed by atoms with Crippen molar-refractivity contribution in [2.24, 2.45) is 0 Å². The van der Waals surface area contributed by atoms with Gasteiger partial charge in [0.25, 0.3) is 0 Å². The highest BCUT2D eigenvalue weighted by molar-refractivity contribution is 5.73. The minimum atomic E-state index is -0.311. The van der Waals surface area contributed by atoms with Crippen LogP contribution in [0.25, 0.3) is 0 Å². The number of aromatic hydroxyl groups is 1. The van der Waals surface area contributed by atoms with Gasteiger partial charge in [-0.2, -0.15) is 0 Å². The van der Waals surface area contributed by atoms with Crippen molar-refractivity contribution in [3.8, 4) is 11.5 Å². The van der Waals surface area contributed by atoms with Gasteiger partial charge in [0.2, 0.25) is 0 Å². The highest BCUT2D eigenvalue weighted by atomic mass is 16.5. The summed E-state index contributed by atoms with van der Waals surface area (Å²) in [5, 5.41) is 10.1. The van der Waals surface area contributed by atoms with E-state index >= 15 is 0 Å². The predicted molar refractivity (Wildman–Crippen MR) is 67.3 cm³/mol. The standard InChI is InChI=1S/C14H20O3/c1-5-7-12(15)17-11-9-6-8-10(13(11)16)14(2,3)4/h6,8-9,16H,5,7H2,1-4H3. The summed E-state index contributed by atoms with van der Waals surface area (Å²) in [4.78, 5) is 11.4. The fourth-order valence-electron chi connectivity index (χ4n) is 1.59. The molecule has 1 rings (SSSR count). The maximum atomic E-state index is 11.4. The highest BCUT2D eigenvalue weighted by Gasteiger charge is 2.21. The summed E-state index contributed by atoms with van der Waals surface area (Å²) < 4.78 is 5.13. The van der Waals surface area contributed by atoms with Crippen LogP contribution in [0.3, 0.4) is 0 Å². The number of rotatable bonds is 3. The third-order valence-electron chi connectivity index (χ3n) is 2.48. The van der Waals surface area contributed by atoms with E-state index in [1.165, 1.54) is 0 Å². The summed E-state index contributed by atoms with van der Waals surface area (Å²) in [6.07, 6.45) is 1.09. The zero-order valence-electron chi connectivity index (χ0n) is 10.9. The van der Waals surface area contributed by atoms with Crippen LogP contribution in [0.1, 0.15) is 46.1 Å². The van der Waals surface area contributed by atoms with E-state index < -0.39 is 0 Å². The molecule has 17 heavy (non-hydrogen) atoms. The zero-order chi connectivity index (χ0) is 13.1. The Bertz CT molecular complexity index is 402. The van der Waals surface area contributed by atoms with E-state index in [4.69, 9.17) is 4.74 Å². The van der Waals surface area contributed by atoms with Crippen molar-refractivity contribution in [3.05, 3.63) is 23.8 Å². The molecular weight excluding hydrogens is 216 g/mol. The van der Waals surface area contributed by atoms with Crippen LogP contribution in [-0.2, 0) is 10.2 Å². The van der Waals surface area contributed by atoms with Gasteiger partial charge in [-0.15, -0.1) is 0 Å². The molecule has 0 amide bonds. The van der Waals surface area contributed by atoms with Crippen molar-refractivity contribution in [2.75, 3.05) is 0 Å². The molecule has 0 heterocycles. The Kier molecular flexibility index (Phi) is 4.16. The molecule has 0 atom stereocenters. The van der Waals surface area contributed by atoms with E-state index in [1.54, 1.807) is 12.1 Å². The lowest BCUT2D eigenvalue weighted by Gasteiger charge is -2.21. The average molecular weight is 236 g/mol. The van der Waals surface area contributed by atoms with E-state index in [0.717, 1.165) is 12.0 Å². The number of phenolic OH excluding ortho intramolecular Hbond substituents is 1. The third kappa shape index (κ3) is 3.48. The van der Waals surface area contributed by atoms with Crippen molar-refractivity contribution in [2.45, 2.75) is 46.0 Å². The van der Waals surface area contributed by atoms with Gasteiger partial charge in [0, 0.05) is 12.0 Å². The van der Waals surface area contributed by atoms with E-state index in [0.29, 0.717) is 6.42 Å². The van der Waals surface area contributed by atoms with Gasteiger partial charge in [0.05, 0.1) is 0 Å². The number of hydrogen-bond acceptors (Lipinski definition) is 3. The van der Waals surface area contributed by atoms with Crippen molar-refractivity contribution in [1.82, 2.24) is 0 Å². The predicted octanol–water partition coefficient (Wildman–Crippen LogP) is 3.40. The third-order valence-corrected chi connectivity index (χ3v) is 2.48. The molecule has 94 valence electrons. The van der Waals surface area contributed by atoms with Crippen molar-refractivity contribution in [1.29, 1.82) is 0 Å². The monoisotopic (exact) mass is 236 g/mol. The maximum absolute atomic E-state index is 11.4. The number of esters is 1. The maximum Gasteiger partial charge on any atom is 0.311 e. The molecule has 1 aromatic rings. The van der Waals surface area contributed by atoms with Crippen LogP contribution in [0, 0.1) is 0 Å². The van der Waals surface area contributed by atoms with E-state index in [-0.39, 0.29) is 22.9 Å². The molecule has 0 fully saturated rings. The molecule has 0 spiro atoms. The number of ether oxygens (including phenoxy) is 1. The minimum absolute atomic E-state index is 0.0597. The topological polar surface area (TPSA) is 46.5 Å². The Hall–Kier alpha value is -1.51. The van der Waals surface area contributed by atoms with E-state index in [1.807, 2.05) is 33.8 Å². The first-order valence-corrected chi connectivity index (χ1v) is 5.89. The number of hydrogen-bond donors (Lipinski definition) is 1. The molecule has 3 heteroatoms. The summed E-state index contributed by atoms with van der Waals surface area (Å²) in [5.74, 6) is -0.00538. The molecule has 0 bridgehead atoms. The second-order valence-corrected chi connectivity index (χ2v) is 5.13. The number of carbonyl (C=O) groups is 1. The van der Waals surface area contributed by atoms with Gasteiger partial charge in [0.15, 0.2) is 11.5 Å². The van der Waals surface area contributed by atoms with E-state index in [9.17, 15) is 9.90 Å². The Morgan fingerprint density at radius 3 is 2.53 bits per heavy atom. The molecule has 1 N–H and O–H groups in total. The highest BCUT2D eigenvalue weighted by Crippen LogP contribution is 2.37. The van der Waals surface area contributed by atoms with Gasteiger partial charge in [-0.1, -0.05) is 39.8 Å². The fraction of sp³-hybridized carbons (Fsp3) is 0.500. The minimum Gasteiger partial charge on any atom is -0.504 e. The van der Waals surface area contributed by atoms with Crippen LogP contribution in [-0.4, -0.2) is 11.1 Å². The SMILES string of the molecule is CCCC(=O)Oc1cccc(C(C)(C)C)c1O. The van der Waals surface area contributed by atoms with Crippen LogP contribution in [0.2, 0.25) is 0 Å². The summed E-state index contributed by atoms with van der Waals surface area (Å²) in [6.45, 7) is 7.91. The lowest BCUT2D eigenvalue weighted by molar-refractivity contribution is -0.134. The lowest BCUT2D eigenvalue weighted by Crippen LogP contribution is -2.13. The van der Waals surface area contributed by atoms with E-state index in [2.05, 4.69) is 0 Å². The summed E-state index contributed by atoms with van der Waals surface area (Å²) in [5.41, 5.74) is 0.594. The molecular formula is C14H20O3. The number of para-hydroxylation sites is 1. The zero-order valence-corrected chi connectivity index (χ0v) is 10.9. The molecule has 1 aromatic carbocycles. The van der Waals surface area contributed by atoms with Gasteiger partial charge in [-0.3, -0.25) is 4.79 Å². The van der Waals surface area contributed by atoms with Crippen LogP contribution in [0.4, 0.5) is 0 Å². The molecule has 3 nitrogen and oxygen atoms in total. The molecule has 0 aliphatic rings. The number of phenols is 1. The molecule has 0 aliphatic carbocycles. The Balaban J connectivity index is 2.99. The Morgan fingerprint density at radius 2 is 2.00 bits per heavy atom. The first kappa shape index (κ1) is 13.6. The number of benzene rings is 1. The second-order valence-electron chi connectivity index (χ2n) is 5.13. The van der Waals surface area contributed by atoms with Crippen molar-refractivity contribution in [3.63, 3.8) is 0 Å². The number of carbonyl (C=O) groups excluding carboxylic acids is 1. The fourth-order valence-corrected chi connectivity index (χ4v) is 1.59. The van der Waals surface area contributed by atoms with Crippen molar-refractivity contribution >= 4 is 5.97 Å². The van der Waals surface area contributed by atoms with Crippen LogP contribution >= 0.6 is 0 Å². The Labute approximate surface area is 102 Å². The van der Waals surface area contributed by atoms with Gasteiger partial charge in [0.1, 0.15) is 0 Å². The first-order chi connectivity index (χ1) is 7.86. The second kappa shape index (κ2) is 5.21. The molecule has 0 unspecified atom stereocenters. The summed E-state index contributed by atoms with van der Waals surface area (Å²) >= 11 is 0. The quantitative estimate of drug-likeness (QED) is 0.646. The normalized spacial score (nSPS) is 11.3. The molecule has 0 radical (unpaired) electrons. The first-order valence-electron chi connectivity index (χ1n) is 5.89. The largest absolute Gasteiger partial charge is 0.504 e. The van der Waals surface area contributed by atoms with Gasteiger partial charge >= 0.3 is 5.97 Å². The smallest absolute Gasteiger partial charge is 0.311 e. The molecule has 0 saturated carbocycles. The average Bonchev–Trinajstić information content (AvgIpc) is 2.19. The lowest BCUT2D eigenvalue weighted by atomic mass is 9.86.